The molecule has 1 N–H and O–H groups in total. The molecule has 3 rings (SSSR count). The number of rotatable bonds is 8. The number of para-hydroxylation sites is 1. The number of nitrogens with zero attached hydrogens (tertiary/aromatic N) is 1. The average molecular weight is 380 g/mol. The van der Waals surface area contributed by atoms with Crippen LogP contribution >= 0.6 is 0 Å². The number of carbonyl (C=O) groups is 2. The van der Waals surface area contributed by atoms with E-state index in [4.69, 9.17) is 9.26 Å². The highest BCUT2D eigenvalue weighted by Gasteiger charge is 2.18. The second kappa shape index (κ2) is 9.17. The molecule has 0 saturated heterocycles. The molecule has 0 fully saturated rings. The number of ether oxygens (including phenoxy) is 1. The third-order valence-electron chi connectivity index (χ3n) is 4.37. The number of carbonyl (C=O) groups excluding carboxylic acids is 2. The number of amides is 1. The normalized spacial score (nSPS) is 12.1. The second-order valence-corrected chi connectivity index (χ2v) is 7.12. The minimum atomic E-state index is -0.519. The average Bonchev–Trinajstić information content (AvgIpc) is 3.09. The Hall–Kier alpha value is -3.15. The molecule has 0 spiro atoms. The van der Waals surface area contributed by atoms with Crippen molar-refractivity contribution in [1.29, 1.82) is 0 Å². The Kier molecular flexibility index (Phi) is 6.42. The molecule has 1 heterocycles. The lowest BCUT2D eigenvalue weighted by Gasteiger charge is -2.21. The Morgan fingerprint density at radius 2 is 1.79 bits per heavy atom. The van der Waals surface area contributed by atoms with Gasteiger partial charge in [0.15, 0.2) is 12.2 Å². The summed E-state index contributed by atoms with van der Waals surface area (Å²) in [5.41, 5.74) is 2.15. The van der Waals surface area contributed by atoms with Crippen LogP contribution < -0.4 is 5.32 Å². The molecule has 0 unspecified atom stereocenters. The summed E-state index contributed by atoms with van der Waals surface area (Å²) in [4.78, 5) is 24.4. The number of hydrogen-bond acceptors (Lipinski definition) is 5. The van der Waals surface area contributed by atoms with Gasteiger partial charge in [0.2, 0.25) is 0 Å². The third kappa shape index (κ3) is 5.19. The number of nitrogens with one attached hydrogen (secondary N) is 1. The van der Waals surface area contributed by atoms with Gasteiger partial charge in [-0.25, -0.2) is 0 Å². The fourth-order valence-electron chi connectivity index (χ4n) is 3.07. The standard InChI is InChI=1S/C22H24N2O4/c1-15(2)12-18(16-8-4-3-5-9-16)23-21(25)14-27-22(26)13-19-17-10-6-7-11-20(17)28-24-19/h3-11,15,18H,12-14H2,1-2H3,(H,23,25)/t18-/m0/s1. The van der Waals surface area contributed by atoms with E-state index in [1.807, 2.05) is 48.5 Å². The Bertz CT molecular complexity index is 934. The van der Waals surface area contributed by atoms with E-state index in [0.717, 1.165) is 17.4 Å². The molecule has 0 bridgehead atoms. The van der Waals surface area contributed by atoms with Crippen molar-refractivity contribution in [3.63, 3.8) is 0 Å². The zero-order chi connectivity index (χ0) is 19.9. The van der Waals surface area contributed by atoms with Crippen LogP contribution in [0.1, 0.15) is 37.6 Å². The first-order valence-electron chi connectivity index (χ1n) is 9.36. The maximum atomic E-state index is 12.3. The lowest BCUT2D eigenvalue weighted by Crippen LogP contribution is -2.33. The first kappa shape index (κ1) is 19.6. The van der Waals surface area contributed by atoms with Crippen LogP contribution in [0.5, 0.6) is 0 Å². The second-order valence-electron chi connectivity index (χ2n) is 7.12. The van der Waals surface area contributed by atoms with Crippen LogP contribution in [0, 0.1) is 5.92 Å². The Labute approximate surface area is 163 Å². The van der Waals surface area contributed by atoms with E-state index in [0.29, 0.717) is 17.2 Å². The smallest absolute Gasteiger partial charge is 0.312 e. The van der Waals surface area contributed by atoms with Crippen molar-refractivity contribution in [2.75, 3.05) is 6.61 Å². The third-order valence-corrected chi connectivity index (χ3v) is 4.37. The number of aromatic nitrogens is 1. The van der Waals surface area contributed by atoms with Gasteiger partial charge in [0.05, 0.1) is 12.5 Å². The quantitative estimate of drug-likeness (QED) is 0.601. The summed E-state index contributed by atoms with van der Waals surface area (Å²) in [5.74, 6) is -0.435. The molecule has 0 aliphatic carbocycles. The molecule has 2 aromatic carbocycles. The highest BCUT2D eigenvalue weighted by Crippen LogP contribution is 2.21. The minimum Gasteiger partial charge on any atom is -0.455 e. The number of esters is 1. The summed E-state index contributed by atoms with van der Waals surface area (Å²) in [7, 11) is 0. The van der Waals surface area contributed by atoms with Crippen LogP contribution in [-0.4, -0.2) is 23.6 Å². The number of benzene rings is 2. The highest BCUT2D eigenvalue weighted by atomic mass is 16.5. The molecular formula is C22H24N2O4. The summed E-state index contributed by atoms with van der Waals surface area (Å²) in [6, 6.07) is 17.0. The van der Waals surface area contributed by atoms with Crippen LogP contribution in [-0.2, 0) is 20.7 Å². The molecular weight excluding hydrogens is 356 g/mol. The largest absolute Gasteiger partial charge is 0.455 e. The van der Waals surface area contributed by atoms with E-state index in [1.165, 1.54) is 0 Å². The van der Waals surface area contributed by atoms with Crippen molar-refractivity contribution in [3.8, 4) is 0 Å². The summed E-state index contributed by atoms with van der Waals surface area (Å²) in [6.07, 6.45) is 0.757. The van der Waals surface area contributed by atoms with E-state index in [2.05, 4.69) is 24.3 Å². The Morgan fingerprint density at radius 1 is 1.07 bits per heavy atom. The lowest BCUT2D eigenvalue weighted by molar-refractivity contribution is -0.148. The Balaban J connectivity index is 1.54. The monoisotopic (exact) mass is 380 g/mol. The van der Waals surface area contributed by atoms with Gasteiger partial charge in [-0.2, -0.15) is 0 Å². The first-order chi connectivity index (χ1) is 13.5. The van der Waals surface area contributed by atoms with Gasteiger partial charge in [-0.15, -0.1) is 0 Å². The molecule has 0 aliphatic rings. The molecule has 1 aromatic heterocycles. The van der Waals surface area contributed by atoms with Gasteiger partial charge in [0.1, 0.15) is 5.69 Å². The summed E-state index contributed by atoms with van der Waals surface area (Å²) in [6.45, 7) is 3.88. The summed E-state index contributed by atoms with van der Waals surface area (Å²) >= 11 is 0. The van der Waals surface area contributed by atoms with Gasteiger partial charge < -0.3 is 14.6 Å². The van der Waals surface area contributed by atoms with Crippen LogP contribution in [0.4, 0.5) is 0 Å². The van der Waals surface area contributed by atoms with Gasteiger partial charge in [-0.1, -0.05) is 61.5 Å². The molecule has 6 nitrogen and oxygen atoms in total. The first-order valence-corrected chi connectivity index (χ1v) is 9.36. The van der Waals surface area contributed by atoms with Gasteiger partial charge in [-0.3, -0.25) is 9.59 Å². The van der Waals surface area contributed by atoms with Gasteiger partial charge in [-0.05, 0) is 30.0 Å². The zero-order valence-electron chi connectivity index (χ0n) is 16.1. The van der Waals surface area contributed by atoms with Crippen LogP contribution in [0.2, 0.25) is 0 Å². The van der Waals surface area contributed by atoms with Gasteiger partial charge >= 0.3 is 5.97 Å². The van der Waals surface area contributed by atoms with Crippen molar-refractivity contribution >= 4 is 22.8 Å². The zero-order valence-corrected chi connectivity index (χ0v) is 16.1. The minimum absolute atomic E-state index is 0.0433. The van der Waals surface area contributed by atoms with Crippen molar-refractivity contribution in [2.24, 2.45) is 5.92 Å². The Morgan fingerprint density at radius 3 is 2.54 bits per heavy atom. The van der Waals surface area contributed by atoms with Crippen LogP contribution in [0.25, 0.3) is 11.0 Å². The maximum Gasteiger partial charge on any atom is 0.312 e. The fourth-order valence-corrected chi connectivity index (χ4v) is 3.07. The molecule has 0 aliphatic heterocycles. The van der Waals surface area contributed by atoms with Gasteiger partial charge in [0, 0.05) is 5.39 Å². The molecule has 28 heavy (non-hydrogen) atoms. The summed E-state index contributed by atoms with van der Waals surface area (Å²) in [5, 5.41) is 7.63. The van der Waals surface area contributed by atoms with Crippen molar-refractivity contribution in [1.82, 2.24) is 10.5 Å². The van der Waals surface area contributed by atoms with Crippen LogP contribution in [0.3, 0.4) is 0 Å². The van der Waals surface area contributed by atoms with E-state index in [1.54, 1.807) is 6.07 Å². The lowest BCUT2D eigenvalue weighted by atomic mass is 9.97. The van der Waals surface area contributed by atoms with E-state index >= 15 is 0 Å². The predicted octanol–water partition coefficient (Wildman–Crippen LogP) is 3.82. The number of hydrogen-bond donors (Lipinski definition) is 1. The van der Waals surface area contributed by atoms with Crippen LogP contribution in [0.15, 0.2) is 59.1 Å². The SMILES string of the molecule is CC(C)C[C@H](NC(=O)COC(=O)Cc1noc2ccccc12)c1ccccc1. The fraction of sp³-hybridized carbons (Fsp3) is 0.318. The maximum absolute atomic E-state index is 12.3. The molecule has 0 saturated carbocycles. The summed E-state index contributed by atoms with van der Waals surface area (Å²) < 4.78 is 10.3. The molecule has 1 atom stereocenters. The predicted molar refractivity (Wildman–Crippen MR) is 105 cm³/mol. The van der Waals surface area contributed by atoms with Crippen molar-refractivity contribution in [2.45, 2.75) is 32.7 Å². The highest BCUT2D eigenvalue weighted by molar-refractivity contribution is 5.85. The topological polar surface area (TPSA) is 81.4 Å². The van der Waals surface area contributed by atoms with E-state index in [9.17, 15) is 9.59 Å². The molecule has 146 valence electrons. The van der Waals surface area contributed by atoms with Gasteiger partial charge in [0.25, 0.3) is 5.91 Å². The molecule has 3 aromatic rings. The molecule has 0 radical (unpaired) electrons. The van der Waals surface area contributed by atoms with E-state index in [-0.39, 0.29) is 25.0 Å². The molecule has 1 amide bonds. The van der Waals surface area contributed by atoms with Crippen molar-refractivity contribution < 1.29 is 18.8 Å². The van der Waals surface area contributed by atoms with Crippen molar-refractivity contribution in [3.05, 3.63) is 65.9 Å². The van der Waals surface area contributed by atoms with E-state index < -0.39 is 5.97 Å². The molecule has 6 heteroatoms. The number of fused-ring (bicyclic) bond motifs is 1.